The molecule has 0 unspecified atom stereocenters. The number of nitrogens with zero attached hydrogens (tertiary/aromatic N) is 2. The number of hydrogen-bond donors (Lipinski definition) is 2. The number of carbonyl (C=O) groups excluding carboxylic acids is 2. The van der Waals surface area contributed by atoms with E-state index in [9.17, 15) is 9.59 Å². The number of rotatable bonds is 3. The zero-order valence-electron chi connectivity index (χ0n) is 11.5. The summed E-state index contributed by atoms with van der Waals surface area (Å²) in [7, 11) is 3.37. The van der Waals surface area contributed by atoms with Crippen LogP contribution in [-0.2, 0) is 0 Å². The van der Waals surface area contributed by atoms with Crippen LogP contribution in [0.25, 0.3) is 0 Å². The molecule has 18 heavy (non-hydrogen) atoms. The topological polar surface area (TPSA) is 64.7 Å². The molecule has 0 aromatic rings. The van der Waals surface area contributed by atoms with Gasteiger partial charge in [-0.1, -0.05) is 6.92 Å². The minimum Gasteiger partial charge on any atom is -0.336 e. The van der Waals surface area contributed by atoms with Crippen molar-refractivity contribution in [2.75, 3.05) is 40.3 Å². The molecule has 1 aliphatic heterocycles. The minimum absolute atomic E-state index is 0.0268. The fourth-order valence-corrected chi connectivity index (χ4v) is 1.82. The van der Waals surface area contributed by atoms with Gasteiger partial charge in [-0.25, -0.2) is 9.59 Å². The number of piperidine rings is 1. The van der Waals surface area contributed by atoms with E-state index in [0.29, 0.717) is 19.0 Å². The molecule has 0 atom stereocenters. The lowest BCUT2D eigenvalue weighted by atomic mass is 10.00. The summed E-state index contributed by atoms with van der Waals surface area (Å²) in [5, 5.41) is 5.52. The van der Waals surface area contributed by atoms with Gasteiger partial charge in [0.2, 0.25) is 0 Å². The van der Waals surface area contributed by atoms with Crippen LogP contribution in [0.15, 0.2) is 0 Å². The van der Waals surface area contributed by atoms with Crippen LogP contribution in [0.4, 0.5) is 9.59 Å². The van der Waals surface area contributed by atoms with Crippen LogP contribution in [0.3, 0.4) is 0 Å². The molecular weight excluding hydrogens is 232 g/mol. The van der Waals surface area contributed by atoms with Crippen LogP contribution in [-0.4, -0.2) is 62.1 Å². The molecule has 6 heteroatoms. The summed E-state index contributed by atoms with van der Waals surface area (Å²) in [5.41, 5.74) is 0. The van der Waals surface area contributed by atoms with Gasteiger partial charge in [0, 0.05) is 40.3 Å². The van der Waals surface area contributed by atoms with E-state index in [1.165, 1.54) is 4.90 Å². The minimum atomic E-state index is -0.143. The van der Waals surface area contributed by atoms with Gasteiger partial charge >= 0.3 is 12.1 Å². The summed E-state index contributed by atoms with van der Waals surface area (Å²) < 4.78 is 0. The highest BCUT2D eigenvalue weighted by Crippen LogP contribution is 2.15. The lowest BCUT2D eigenvalue weighted by Gasteiger charge is -2.30. The Bertz CT molecular complexity index is 286. The first-order valence-corrected chi connectivity index (χ1v) is 6.48. The summed E-state index contributed by atoms with van der Waals surface area (Å²) in [5.74, 6) is 0.716. The van der Waals surface area contributed by atoms with Gasteiger partial charge in [0.1, 0.15) is 0 Å². The maximum absolute atomic E-state index is 11.8. The van der Waals surface area contributed by atoms with Crippen LogP contribution >= 0.6 is 0 Å². The number of likely N-dealkylation sites (tertiary alicyclic amines) is 1. The standard InChI is InChI=1S/C12H24N4O2/c1-10-4-8-16(9-5-10)12(18)14-7-6-13-11(17)15(2)3/h10H,4-9H2,1-3H3,(H,13,17)(H,14,18). The zero-order chi connectivity index (χ0) is 13.5. The monoisotopic (exact) mass is 256 g/mol. The van der Waals surface area contributed by atoms with Crippen molar-refractivity contribution in [2.24, 2.45) is 5.92 Å². The van der Waals surface area contributed by atoms with Gasteiger partial charge in [0.05, 0.1) is 0 Å². The summed E-state index contributed by atoms with van der Waals surface area (Å²) in [6.07, 6.45) is 2.15. The number of carbonyl (C=O) groups is 2. The fraction of sp³-hybridized carbons (Fsp3) is 0.833. The Morgan fingerprint density at radius 2 is 1.72 bits per heavy atom. The molecule has 0 radical (unpaired) electrons. The molecule has 4 amide bonds. The van der Waals surface area contributed by atoms with Crippen molar-refractivity contribution >= 4 is 12.1 Å². The van der Waals surface area contributed by atoms with Gasteiger partial charge in [-0.05, 0) is 18.8 Å². The lowest BCUT2D eigenvalue weighted by molar-refractivity contribution is 0.174. The first-order valence-electron chi connectivity index (χ1n) is 6.48. The first-order chi connectivity index (χ1) is 8.50. The van der Waals surface area contributed by atoms with E-state index in [2.05, 4.69) is 17.6 Å². The number of hydrogen-bond acceptors (Lipinski definition) is 2. The third kappa shape index (κ3) is 4.81. The summed E-state index contributed by atoms with van der Waals surface area (Å²) in [4.78, 5) is 26.3. The molecule has 0 saturated carbocycles. The van der Waals surface area contributed by atoms with E-state index in [1.54, 1.807) is 14.1 Å². The van der Waals surface area contributed by atoms with Gasteiger partial charge in [-0.3, -0.25) is 0 Å². The Kier molecular flexibility index (Phi) is 5.74. The molecular formula is C12H24N4O2. The third-order valence-electron chi connectivity index (χ3n) is 3.15. The normalized spacial score (nSPS) is 16.3. The zero-order valence-corrected chi connectivity index (χ0v) is 11.5. The fourth-order valence-electron chi connectivity index (χ4n) is 1.82. The molecule has 0 aliphatic carbocycles. The van der Waals surface area contributed by atoms with E-state index in [0.717, 1.165) is 25.9 Å². The highest BCUT2D eigenvalue weighted by molar-refractivity contribution is 5.75. The van der Waals surface area contributed by atoms with Crippen LogP contribution in [0, 0.1) is 5.92 Å². The average Bonchev–Trinajstić information content (AvgIpc) is 2.34. The second kappa shape index (κ2) is 7.08. The Balaban J connectivity index is 2.12. The number of amides is 4. The van der Waals surface area contributed by atoms with Crippen molar-refractivity contribution in [3.05, 3.63) is 0 Å². The van der Waals surface area contributed by atoms with Crippen LogP contribution in [0.1, 0.15) is 19.8 Å². The van der Waals surface area contributed by atoms with Crippen molar-refractivity contribution in [1.82, 2.24) is 20.4 Å². The highest BCUT2D eigenvalue weighted by Gasteiger charge is 2.19. The molecule has 2 N–H and O–H groups in total. The summed E-state index contributed by atoms with van der Waals surface area (Å²) in [6.45, 7) is 4.79. The molecule has 0 bridgehead atoms. The van der Waals surface area contributed by atoms with Gasteiger partial charge in [0.25, 0.3) is 0 Å². The van der Waals surface area contributed by atoms with E-state index in [-0.39, 0.29) is 12.1 Å². The smallest absolute Gasteiger partial charge is 0.317 e. The Morgan fingerprint density at radius 1 is 1.17 bits per heavy atom. The second-order valence-electron chi connectivity index (χ2n) is 5.03. The van der Waals surface area contributed by atoms with Crippen molar-refractivity contribution < 1.29 is 9.59 Å². The average molecular weight is 256 g/mol. The van der Waals surface area contributed by atoms with E-state index in [1.807, 2.05) is 4.90 Å². The predicted molar refractivity (Wildman–Crippen MR) is 70.5 cm³/mol. The van der Waals surface area contributed by atoms with Crippen molar-refractivity contribution in [2.45, 2.75) is 19.8 Å². The predicted octanol–water partition coefficient (Wildman–Crippen LogP) is 0.699. The summed E-state index contributed by atoms with van der Waals surface area (Å²) >= 11 is 0. The molecule has 1 aliphatic rings. The van der Waals surface area contributed by atoms with Crippen molar-refractivity contribution in [3.8, 4) is 0 Å². The van der Waals surface area contributed by atoms with Crippen LogP contribution in [0.5, 0.6) is 0 Å². The molecule has 1 fully saturated rings. The second-order valence-corrected chi connectivity index (χ2v) is 5.03. The highest BCUT2D eigenvalue weighted by atomic mass is 16.2. The van der Waals surface area contributed by atoms with Crippen LogP contribution in [0.2, 0.25) is 0 Å². The molecule has 6 nitrogen and oxygen atoms in total. The molecule has 0 aromatic heterocycles. The van der Waals surface area contributed by atoms with E-state index < -0.39 is 0 Å². The van der Waals surface area contributed by atoms with Gasteiger partial charge in [-0.2, -0.15) is 0 Å². The van der Waals surface area contributed by atoms with Gasteiger partial charge in [-0.15, -0.1) is 0 Å². The molecule has 0 aromatic carbocycles. The first kappa shape index (κ1) is 14.6. The molecule has 0 spiro atoms. The Morgan fingerprint density at radius 3 is 2.28 bits per heavy atom. The number of nitrogens with one attached hydrogen (secondary N) is 2. The maximum atomic E-state index is 11.8. The summed E-state index contributed by atoms with van der Waals surface area (Å²) in [6, 6.07) is -0.169. The Hall–Kier alpha value is -1.46. The lowest BCUT2D eigenvalue weighted by Crippen LogP contribution is -2.46. The molecule has 1 rings (SSSR count). The quantitative estimate of drug-likeness (QED) is 0.730. The van der Waals surface area contributed by atoms with Gasteiger partial charge < -0.3 is 20.4 Å². The molecule has 1 heterocycles. The van der Waals surface area contributed by atoms with E-state index >= 15 is 0 Å². The molecule has 1 saturated heterocycles. The number of urea groups is 2. The van der Waals surface area contributed by atoms with Crippen molar-refractivity contribution in [3.63, 3.8) is 0 Å². The molecule has 104 valence electrons. The Labute approximate surface area is 109 Å². The third-order valence-corrected chi connectivity index (χ3v) is 3.15. The van der Waals surface area contributed by atoms with Crippen molar-refractivity contribution in [1.29, 1.82) is 0 Å². The largest absolute Gasteiger partial charge is 0.336 e. The van der Waals surface area contributed by atoms with Gasteiger partial charge in [0.15, 0.2) is 0 Å². The maximum Gasteiger partial charge on any atom is 0.317 e. The van der Waals surface area contributed by atoms with E-state index in [4.69, 9.17) is 0 Å². The SMILES string of the molecule is CC1CCN(C(=O)NCCNC(=O)N(C)C)CC1. The van der Waals surface area contributed by atoms with Crippen LogP contribution < -0.4 is 10.6 Å².